The van der Waals surface area contributed by atoms with Crippen LogP contribution in [0.15, 0.2) is 59.4 Å². The van der Waals surface area contributed by atoms with Gasteiger partial charge >= 0.3 is 5.69 Å². The van der Waals surface area contributed by atoms with Gasteiger partial charge in [-0.2, -0.15) is 0 Å². The molecule has 0 atom stereocenters. The molecule has 3 heterocycles. The average Bonchev–Trinajstić information content (AvgIpc) is 3.27. The first-order chi connectivity index (χ1) is 17.5. The van der Waals surface area contributed by atoms with E-state index < -0.39 is 0 Å². The Morgan fingerprint density at radius 1 is 0.944 bits per heavy atom. The number of hydrogen-bond acceptors (Lipinski definition) is 6. The van der Waals surface area contributed by atoms with Crippen molar-refractivity contribution in [1.29, 1.82) is 0 Å². The number of fused-ring (bicyclic) bond motifs is 2. The fourth-order valence-corrected chi connectivity index (χ4v) is 4.40. The van der Waals surface area contributed by atoms with Crippen LogP contribution in [-0.4, -0.2) is 75.9 Å². The molecule has 186 valence electrons. The van der Waals surface area contributed by atoms with E-state index in [0.717, 1.165) is 36.2 Å². The highest BCUT2D eigenvalue weighted by molar-refractivity contribution is 5.93. The van der Waals surface area contributed by atoms with Crippen LogP contribution in [0.25, 0.3) is 21.9 Å². The number of carbonyl (C=O) groups excluding carboxylic acids is 2. The monoisotopic (exact) mass is 488 g/mol. The van der Waals surface area contributed by atoms with Crippen LogP contribution in [0.2, 0.25) is 0 Å². The predicted octanol–water partition coefficient (Wildman–Crippen LogP) is 2.35. The molecule has 1 aliphatic rings. The van der Waals surface area contributed by atoms with Crippen molar-refractivity contribution in [3.8, 4) is 5.75 Å². The Bertz CT molecular complexity index is 1430. The number of piperazine rings is 1. The Morgan fingerprint density at radius 2 is 1.75 bits per heavy atom. The van der Waals surface area contributed by atoms with Crippen molar-refractivity contribution in [2.75, 3.05) is 44.6 Å². The van der Waals surface area contributed by atoms with E-state index >= 15 is 0 Å². The van der Waals surface area contributed by atoms with Crippen molar-refractivity contribution in [2.45, 2.75) is 12.8 Å². The molecule has 2 aromatic carbocycles. The number of amides is 2. The van der Waals surface area contributed by atoms with Gasteiger partial charge < -0.3 is 19.9 Å². The minimum absolute atomic E-state index is 0.0322. The summed E-state index contributed by atoms with van der Waals surface area (Å²) in [5, 5.41) is 4.94. The fourth-order valence-electron chi connectivity index (χ4n) is 4.40. The molecule has 0 unspecified atom stereocenters. The topological polar surface area (TPSA) is 123 Å². The van der Waals surface area contributed by atoms with Gasteiger partial charge in [0.2, 0.25) is 11.8 Å². The third-order valence-corrected chi connectivity index (χ3v) is 6.35. The number of carbonyl (C=O) groups is 2. The van der Waals surface area contributed by atoms with Crippen molar-refractivity contribution in [1.82, 2.24) is 24.8 Å². The molecule has 36 heavy (non-hydrogen) atoms. The van der Waals surface area contributed by atoms with Crippen molar-refractivity contribution >= 4 is 39.6 Å². The summed E-state index contributed by atoms with van der Waals surface area (Å²) in [6.45, 7) is 4.18. The number of anilines is 1. The van der Waals surface area contributed by atoms with Gasteiger partial charge in [0, 0.05) is 51.0 Å². The highest BCUT2D eigenvalue weighted by Gasteiger charge is 2.21. The van der Waals surface area contributed by atoms with Gasteiger partial charge in [0.15, 0.2) is 5.65 Å². The van der Waals surface area contributed by atoms with E-state index in [2.05, 4.69) is 43.4 Å². The van der Waals surface area contributed by atoms with Gasteiger partial charge in [-0.15, -0.1) is 0 Å². The quantitative estimate of drug-likeness (QED) is 0.350. The Balaban J connectivity index is 1.02. The molecular weight excluding hydrogens is 460 g/mol. The summed E-state index contributed by atoms with van der Waals surface area (Å²) in [6, 6.07) is 17.5. The molecular formula is C26H28N6O4. The number of rotatable bonds is 8. The second kappa shape index (κ2) is 10.6. The lowest BCUT2D eigenvalue weighted by molar-refractivity contribution is -0.134. The van der Waals surface area contributed by atoms with Crippen LogP contribution in [-0.2, 0) is 9.59 Å². The number of aromatic amines is 2. The first kappa shape index (κ1) is 23.6. The number of imidazole rings is 1. The molecule has 0 aliphatic carbocycles. The first-order valence-corrected chi connectivity index (χ1v) is 12.0. The van der Waals surface area contributed by atoms with E-state index in [1.54, 1.807) is 12.1 Å². The molecule has 1 fully saturated rings. The Kier molecular flexibility index (Phi) is 6.94. The van der Waals surface area contributed by atoms with E-state index in [4.69, 9.17) is 4.74 Å². The van der Waals surface area contributed by atoms with Crippen LogP contribution in [0.3, 0.4) is 0 Å². The molecule has 2 amide bonds. The molecule has 0 saturated carbocycles. The average molecular weight is 489 g/mol. The van der Waals surface area contributed by atoms with Gasteiger partial charge in [0.25, 0.3) is 0 Å². The zero-order valence-corrected chi connectivity index (χ0v) is 19.8. The zero-order valence-electron chi connectivity index (χ0n) is 19.8. The number of nitrogens with one attached hydrogen (secondary N) is 3. The highest BCUT2D eigenvalue weighted by atomic mass is 16.5. The SMILES string of the molecule is O=C(CCC(=O)N1CCN(CCOc2cccc3ccccc23)CC1)Nc1ccc2[nH]c(=O)[nH]c2n1. The summed E-state index contributed by atoms with van der Waals surface area (Å²) in [5.74, 6) is 0.888. The van der Waals surface area contributed by atoms with Crippen LogP contribution >= 0.6 is 0 Å². The third kappa shape index (κ3) is 5.55. The van der Waals surface area contributed by atoms with Gasteiger partial charge in [-0.3, -0.25) is 19.5 Å². The minimum Gasteiger partial charge on any atom is -0.492 e. The highest BCUT2D eigenvalue weighted by Crippen LogP contribution is 2.25. The second-order valence-corrected chi connectivity index (χ2v) is 8.77. The summed E-state index contributed by atoms with van der Waals surface area (Å²) >= 11 is 0. The van der Waals surface area contributed by atoms with Crippen LogP contribution in [0.4, 0.5) is 5.82 Å². The van der Waals surface area contributed by atoms with Gasteiger partial charge in [-0.1, -0.05) is 36.4 Å². The van der Waals surface area contributed by atoms with Crippen LogP contribution in [0, 0.1) is 0 Å². The number of hydrogen-bond donors (Lipinski definition) is 3. The number of benzene rings is 2. The van der Waals surface area contributed by atoms with Gasteiger partial charge in [0.1, 0.15) is 18.2 Å². The number of aromatic nitrogens is 3. The van der Waals surface area contributed by atoms with Crippen molar-refractivity contribution in [3.63, 3.8) is 0 Å². The Hall–Kier alpha value is -4.18. The largest absolute Gasteiger partial charge is 0.492 e. The fraction of sp³-hybridized carbons (Fsp3) is 0.308. The normalized spacial score (nSPS) is 14.3. The summed E-state index contributed by atoms with van der Waals surface area (Å²) in [7, 11) is 0. The van der Waals surface area contributed by atoms with E-state index in [9.17, 15) is 14.4 Å². The summed E-state index contributed by atoms with van der Waals surface area (Å²) < 4.78 is 6.04. The molecule has 0 bridgehead atoms. The molecule has 5 rings (SSSR count). The van der Waals surface area contributed by atoms with Crippen LogP contribution in [0.5, 0.6) is 5.75 Å². The maximum absolute atomic E-state index is 12.6. The number of pyridine rings is 1. The molecule has 1 aliphatic heterocycles. The maximum Gasteiger partial charge on any atom is 0.325 e. The number of nitrogens with zero attached hydrogens (tertiary/aromatic N) is 3. The second-order valence-electron chi connectivity index (χ2n) is 8.77. The van der Waals surface area contributed by atoms with Gasteiger partial charge in [-0.05, 0) is 23.6 Å². The van der Waals surface area contributed by atoms with Crippen molar-refractivity contribution in [2.24, 2.45) is 0 Å². The Labute approximate surface area is 207 Å². The molecule has 4 aromatic rings. The summed E-state index contributed by atoms with van der Waals surface area (Å²) in [6.07, 6.45) is 0.209. The predicted molar refractivity (Wildman–Crippen MR) is 137 cm³/mol. The molecule has 10 heteroatoms. The van der Waals surface area contributed by atoms with E-state index in [0.29, 0.717) is 36.7 Å². The lowest BCUT2D eigenvalue weighted by Gasteiger charge is -2.34. The van der Waals surface area contributed by atoms with E-state index in [-0.39, 0.29) is 30.3 Å². The molecule has 2 aromatic heterocycles. The molecule has 0 radical (unpaired) electrons. The zero-order chi connectivity index (χ0) is 24.9. The van der Waals surface area contributed by atoms with E-state index in [1.807, 2.05) is 29.2 Å². The first-order valence-electron chi connectivity index (χ1n) is 12.0. The Morgan fingerprint density at radius 3 is 2.61 bits per heavy atom. The van der Waals surface area contributed by atoms with Crippen LogP contribution in [0.1, 0.15) is 12.8 Å². The smallest absolute Gasteiger partial charge is 0.325 e. The summed E-state index contributed by atoms with van der Waals surface area (Å²) in [4.78, 5) is 49.7. The van der Waals surface area contributed by atoms with Crippen molar-refractivity contribution < 1.29 is 14.3 Å². The minimum atomic E-state index is -0.357. The molecule has 0 spiro atoms. The number of H-pyrrole nitrogens is 2. The van der Waals surface area contributed by atoms with Gasteiger partial charge in [0.05, 0.1) is 5.52 Å². The maximum atomic E-state index is 12.6. The lowest BCUT2D eigenvalue weighted by Crippen LogP contribution is -2.49. The molecule has 10 nitrogen and oxygen atoms in total. The van der Waals surface area contributed by atoms with Crippen LogP contribution < -0.4 is 15.7 Å². The molecule has 3 N–H and O–H groups in total. The molecule has 1 saturated heterocycles. The summed E-state index contributed by atoms with van der Waals surface area (Å²) in [5.41, 5.74) is 0.575. The standard InChI is InChI=1S/C26H28N6O4/c33-23(28-22-9-8-20-25(29-22)30-26(35)27-20)10-11-24(34)32-14-12-31(13-15-32)16-17-36-21-7-3-5-18-4-1-2-6-19(18)21/h1-9H,10-17H2,(H3,27,28,29,30,33,35). The van der Waals surface area contributed by atoms with Gasteiger partial charge in [-0.25, -0.2) is 9.78 Å². The number of ether oxygens (including phenoxy) is 1. The lowest BCUT2D eigenvalue weighted by atomic mass is 10.1. The van der Waals surface area contributed by atoms with E-state index in [1.165, 1.54) is 0 Å². The third-order valence-electron chi connectivity index (χ3n) is 6.35. The van der Waals surface area contributed by atoms with Crippen molar-refractivity contribution in [3.05, 3.63) is 65.1 Å².